The summed E-state index contributed by atoms with van der Waals surface area (Å²) in [6.07, 6.45) is 31.1. The molecule has 55 heavy (non-hydrogen) atoms. The first-order valence-electron chi connectivity index (χ1n) is 22.8. The van der Waals surface area contributed by atoms with Gasteiger partial charge in [0.05, 0.1) is 13.2 Å². The van der Waals surface area contributed by atoms with Gasteiger partial charge in [-0.2, -0.15) is 0 Å². The minimum atomic E-state index is -1.59. The topological polar surface area (TPSA) is 152 Å². The molecule has 0 radical (unpaired) electrons. The summed E-state index contributed by atoms with van der Waals surface area (Å²) >= 11 is 0. The zero-order valence-corrected chi connectivity index (χ0v) is 35.2. The Morgan fingerprint density at radius 1 is 0.545 bits per heavy atom. The summed E-state index contributed by atoms with van der Waals surface area (Å²) in [5.41, 5.74) is 0. The van der Waals surface area contributed by atoms with Crippen molar-refractivity contribution in [1.82, 2.24) is 0 Å². The van der Waals surface area contributed by atoms with E-state index in [1.165, 1.54) is 128 Å². The summed E-state index contributed by atoms with van der Waals surface area (Å²) in [6.45, 7) is 3.38. The van der Waals surface area contributed by atoms with E-state index in [2.05, 4.69) is 26.0 Å². The van der Waals surface area contributed by atoms with Crippen molar-refractivity contribution in [1.29, 1.82) is 0 Å². The number of aliphatic hydroxyl groups excluding tert-OH is 4. The third kappa shape index (κ3) is 28.5. The molecule has 1 fully saturated rings. The Hall–Kier alpha value is -1.56. The predicted molar refractivity (Wildman–Crippen MR) is 220 cm³/mol. The second-order valence-corrected chi connectivity index (χ2v) is 15.9. The number of hydrogen-bond acceptors (Lipinski definition) is 10. The van der Waals surface area contributed by atoms with Crippen LogP contribution in [0, 0.1) is 0 Å². The molecule has 1 aliphatic heterocycles. The van der Waals surface area contributed by atoms with Gasteiger partial charge in [-0.05, 0) is 38.5 Å². The van der Waals surface area contributed by atoms with Crippen LogP contribution in [0.5, 0.6) is 0 Å². The summed E-state index contributed by atoms with van der Waals surface area (Å²) in [7, 11) is 0. The summed E-state index contributed by atoms with van der Waals surface area (Å²) < 4.78 is 22.1. The first-order chi connectivity index (χ1) is 26.8. The molecule has 1 rings (SSSR count). The van der Waals surface area contributed by atoms with E-state index in [1.807, 2.05) is 0 Å². The van der Waals surface area contributed by atoms with E-state index in [0.29, 0.717) is 6.42 Å². The van der Waals surface area contributed by atoms with Crippen LogP contribution in [0.25, 0.3) is 0 Å². The Morgan fingerprint density at radius 3 is 1.42 bits per heavy atom. The molecule has 6 unspecified atom stereocenters. The van der Waals surface area contributed by atoms with Crippen LogP contribution in [0.4, 0.5) is 0 Å². The molecule has 1 saturated heterocycles. The van der Waals surface area contributed by atoms with Crippen LogP contribution in [0.3, 0.4) is 0 Å². The van der Waals surface area contributed by atoms with Crippen molar-refractivity contribution < 1.29 is 49.0 Å². The molecule has 0 saturated carbocycles. The van der Waals surface area contributed by atoms with E-state index in [-0.39, 0.29) is 32.0 Å². The summed E-state index contributed by atoms with van der Waals surface area (Å²) in [4.78, 5) is 25.1. The molecule has 0 aliphatic carbocycles. The van der Waals surface area contributed by atoms with E-state index < -0.39 is 49.4 Å². The van der Waals surface area contributed by atoms with Crippen molar-refractivity contribution >= 4 is 11.9 Å². The Morgan fingerprint density at radius 2 is 0.964 bits per heavy atom. The lowest BCUT2D eigenvalue weighted by atomic mass is 9.99. The molecule has 10 nitrogen and oxygen atoms in total. The van der Waals surface area contributed by atoms with Crippen LogP contribution in [-0.4, -0.2) is 89.0 Å². The van der Waals surface area contributed by atoms with Crippen molar-refractivity contribution in [2.45, 2.75) is 243 Å². The summed E-state index contributed by atoms with van der Waals surface area (Å²) in [5.74, 6) is -0.806. The Bertz CT molecular complexity index is 912. The molecule has 1 aliphatic rings. The number of carbonyl (C=O) groups is 2. The highest BCUT2D eigenvalue weighted by molar-refractivity contribution is 5.70. The highest BCUT2D eigenvalue weighted by Crippen LogP contribution is 2.23. The third-order valence-electron chi connectivity index (χ3n) is 10.7. The number of aliphatic hydroxyl groups is 4. The van der Waals surface area contributed by atoms with Gasteiger partial charge in [0.2, 0.25) is 0 Å². The van der Waals surface area contributed by atoms with Gasteiger partial charge in [-0.1, -0.05) is 167 Å². The smallest absolute Gasteiger partial charge is 0.306 e. The van der Waals surface area contributed by atoms with Crippen molar-refractivity contribution in [2.75, 3.05) is 19.8 Å². The van der Waals surface area contributed by atoms with Gasteiger partial charge >= 0.3 is 11.9 Å². The molecule has 0 aromatic carbocycles. The molecule has 0 bridgehead atoms. The third-order valence-corrected chi connectivity index (χ3v) is 10.7. The quantitative estimate of drug-likeness (QED) is 0.0271. The van der Waals surface area contributed by atoms with Crippen LogP contribution in [-0.2, 0) is 28.5 Å². The molecule has 4 N–H and O–H groups in total. The average Bonchev–Trinajstić information content (AvgIpc) is 3.18. The number of hydrogen-bond donors (Lipinski definition) is 4. The van der Waals surface area contributed by atoms with E-state index >= 15 is 0 Å². The zero-order valence-electron chi connectivity index (χ0n) is 35.2. The van der Waals surface area contributed by atoms with Crippen LogP contribution >= 0.6 is 0 Å². The van der Waals surface area contributed by atoms with Gasteiger partial charge in [0, 0.05) is 12.8 Å². The maximum Gasteiger partial charge on any atom is 0.306 e. The van der Waals surface area contributed by atoms with Gasteiger partial charge in [-0.15, -0.1) is 0 Å². The van der Waals surface area contributed by atoms with Crippen LogP contribution in [0.2, 0.25) is 0 Å². The standard InChI is InChI=1S/C45H84O10/c1-3-5-7-9-11-12-13-14-15-16-17-18-19-20-21-22-23-24-25-26-28-30-32-34-41(48)54-38(36-52-40(47)33-31-29-27-10-8-6-4-2)37-53-45-44(51)43(50)42(49)39(35-46)55-45/h16-17,38-39,42-46,49-51H,3-15,18-37H2,1-2H3/b17-16-. The summed E-state index contributed by atoms with van der Waals surface area (Å²) in [6, 6.07) is 0. The first kappa shape index (κ1) is 51.5. The fourth-order valence-electron chi connectivity index (χ4n) is 7.01. The number of unbranched alkanes of at least 4 members (excludes halogenated alkanes) is 25. The number of allylic oxidation sites excluding steroid dienone is 2. The minimum Gasteiger partial charge on any atom is -0.462 e. The second-order valence-electron chi connectivity index (χ2n) is 15.9. The SMILES string of the molecule is CCCCCCCCCC/C=C\CCCCCCCCCCCCCC(=O)OC(COC(=O)CCCCCCCCC)COC1OC(CO)C(O)C(O)C1O. The van der Waals surface area contributed by atoms with Gasteiger partial charge in [-0.25, -0.2) is 0 Å². The first-order valence-corrected chi connectivity index (χ1v) is 22.8. The van der Waals surface area contributed by atoms with Gasteiger partial charge < -0.3 is 39.4 Å². The maximum atomic E-state index is 12.7. The zero-order chi connectivity index (χ0) is 40.2. The van der Waals surface area contributed by atoms with Crippen LogP contribution in [0.15, 0.2) is 12.2 Å². The monoisotopic (exact) mass is 785 g/mol. The average molecular weight is 785 g/mol. The van der Waals surface area contributed by atoms with E-state index in [1.54, 1.807) is 0 Å². The highest BCUT2D eigenvalue weighted by Gasteiger charge is 2.44. The summed E-state index contributed by atoms with van der Waals surface area (Å²) in [5, 5.41) is 39.9. The van der Waals surface area contributed by atoms with Crippen molar-refractivity contribution in [3.05, 3.63) is 12.2 Å². The Kier molecular flexibility index (Phi) is 34.4. The van der Waals surface area contributed by atoms with E-state index in [4.69, 9.17) is 18.9 Å². The molecule has 0 spiro atoms. The number of carbonyl (C=O) groups excluding carboxylic acids is 2. The van der Waals surface area contributed by atoms with Crippen molar-refractivity contribution in [2.24, 2.45) is 0 Å². The van der Waals surface area contributed by atoms with Crippen molar-refractivity contribution in [3.63, 3.8) is 0 Å². The van der Waals surface area contributed by atoms with Crippen LogP contribution in [0.1, 0.15) is 206 Å². The van der Waals surface area contributed by atoms with Gasteiger partial charge in [0.1, 0.15) is 31.0 Å². The molecule has 0 aromatic rings. The van der Waals surface area contributed by atoms with Gasteiger partial charge in [0.25, 0.3) is 0 Å². The predicted octanol–water partition coefficient (Wildman–Crippen LogP) is 9.56. The van der Waals surface area contributed by atoms with Crippen molar-refractivity contribution in [3.8, 4) is 0 Å². The number of esters is 2. The molecule has 10 heteroatoms. The number of ether oxygens (including phenoxy) is 4. The lowest BCUT2D eigenvalue weighted by Crippen LogP contribution is -2.59. The minimum absolute atomic E-state index is 0.213. The molecule has 6 atom stereocenters. The van der Waals surface area contributed by atoms with E-state index in [9.17, 15) is 30.0 Å². The number of rotatable bonds is 38. The maximum absolute atomic E-state index is 12.7. The molecule has 0 amide bonds. The lowest BCUT2D eigenvalue weighted by Gasteiger charge is -2.39. The normalized spacial score (nSPS) is 20.6. The van der Waals surface area contributed by atoms with E-state index in [0.717, 1.165) is 44.9 Å². The van der Waals surface area contributed by atoms with Gasteiger partial charge in [0.15, 0.2) is 12.4 Å². The Balaban J connectivity index is 2.20. The largest absolute Gasteiger partial charge is 0.462 e. The molecule has 1 heterocycles. The lowest BCUT2D eigenvalue weighted by molar-refractivity contribution is -0.305. The fourth-order valence-corrected chi connectivity index (χ4v) is 7.01. The van der Waals surface area contributed by atoms with Gasteiger partial charge in [-0.3, -0.25) is 9.59 Å². The molecule has 324 valence electrons. The highest BCUT2D eigenvalue weighted by atomic mass is 16.7. The fraction of sp³-hybridized carbons (Fsp3) is 0.911. The Labute approximate surface area is 335 Å². The second kappa shape index (κ2) is 36.8. The molecular formula is C45H84O10. The molecular weight excluding hydrogens is 700 g/mol. The van der Waals surface area contributed by atoms with Crippen LogP contribution < -0.4 is 0 Å². The molecule has 0 aromatic heterocycles.